The van der Waals surface area contributed by atoms with E-state index in [2.05, 4.69) is 22.1 Å². The Morgan fingerprint density at radius 3 is 2.79 bits per heavy atom. The Hall–Kier alpha value is -3.29. The molecule has 1 amide bonds. The molecule has 0 saturated heterocycles. The summed E-state index contributed by atoms with van der Waals surface area (Å²) in [6.45, 7) is 6.46. The fourth-order valence-electron chi connectivity index (χ4n) is 3.37. The lowest BCUT2D eigenvalue weighted by Crippen LogP contribution is -2.15. The standard InChI is InChI=1S/C25H23ClN4O2S/c1-3-14-30-23(15-32-22-13-6-9-18-8-4-5-10-19(18)22)28-29-25(30)33-16-24(31)27-21-12-7-11-20(26)17(21)2/h3-13H,1,14-16H2,2H3,(H,27,31). The van der Waals surface area contributed by atoms with Crippen molar-refractivity contribution in [3.8, 4) is 5.75 Å². The Morgan fingerprint density at radius 1 is 1.15 bits per heavy atom. The first-order chi connectivity index (χ1) is 16.1. The van der Waals surface area contributed by atoms with E-state index in [4.69, 9.17) is 16.3 Å². The number of hydrogen-bond acceptors (Lipinski definition) is 5. The molecule has 4 rings (SSSR count). The number of nitrogens with one attached hydrogen (secondary N) is 1. The fraction of sp³-hybridized carbons (Fsp3) is 0.160. The number of carbonyl (C=O) groups is 1. The van der Waals surface area contributed by atoms with E-state index in [1.54, 1.807) is 18.2 Å². The van der Waals surface area contributed by atoms with Crippen LogP contribution in [0.25, 0.3) is 10.8 Å². The quantitative estimate of drug-likeness (QED) is 0.240. The smallest absolute Gasteiger partial charge is 0.234 e. The third-order valence-corrected chi connectivity index (χ3v) is 6.46. The molecule has 0 radical (unpaired) electrons. The van der Waals surface area contributed by atoms with Gasteiger partial charge in [-0.2, -0.15) is 0 Å². The van der Waals surface area contributed by atoms with Crippen molar-refractivity contribution in [1.29, 1.82) is 0 Å². The number of fused-ring (bicyclic) bond motifs is 1. The van der Waals surface area contributed by atoms with Crippen molar-refractivity contribution in [2.24, 2.45) is 0 Å². The van der Waals surface area contributed by atoms with Gasteiger partial charge in [-0.05, 0) is 36.1 Å². The number of halogens is 1. The predicted molar refractivity (Wildman–Crippen MR) is 134 cm³/mol. The molecule has 6 nitrogen and oxygen atoms in total. The van der Waals surface area contributed by atoms with E-state index in [1.165, 1.54) is 11.8 Å². The van der Waals surface area contributed by atoms with Crippen LogP contribution in [-0.2, 0) is 17.9 Å². The van der Waals surface area contributed by atoms with Crippen molar-refractivity contribution in [2.45, 2.75) is 25.2 Å². The Kier molecular flexibility index (Phi) is 7.32. The Balaban J connectivity index is 1.43. The second-order valence-electron chi connectivity index (χ2n) is 7.31. The molecule has 8 heteroatoms. The van der Waals surface area contributed by atoms with Gasteiger partial charge in [0.2, 0.25) is 5.91 Å². The first-order valence-electron chi connectivity index (χ1n) is 10.4. The Labute approximate surface area is 201 Å². The zero-order valence-electron chi connectivity index (χ0n) is 18.1. The van der Waals surface area contributed by atoms with Crippen LogP contribution in [-0.4, -0.2) is 26.4 Å². The lowest BCUT2D eigenvalue weighted by Gasteiger charge is -2.11. The maximum absolute atomic E-state index is 12.5. The number of carbonyl (C=O) groups excluding carboxylic acids is 1. The van der Waals surface area contributed by atoms with Crippen molar-refractivity contribution in [3.63, 3.8) is 0 Å². The number of ether oxygens (including phenoxy) is 1. The molecular weight excluding hydrogens is 456 g/mol. The van der Waals surface area contributed by atoms with Crippen LogP contribution in [0, 0.1) is 6.92 Å². The normalized spacial score (nSPS) is 10.8. The summed E-state index contributed by atoms with van der Waals surface area (Å²) in [5.41, 5.74) is 1.53. The van der Waals surface area contributed by atoms with E-state index in [1.807, 2.05) is 60.0 Å². The van der Waals surface area contributed by atoms with Crippen molar-refractivity contribution >= 4 is 45.7 Å². The summed E-state index contributed by atoms with van der Waals surface area (Å²) in [5, 5.41) is 14.8. The summed E-state index contributed by atoms with van der Waals surface area (Å²) in [6, 6.07) is 19.4. The average Bonchev–Trinajstić information content (AvgIpc) is 3.21. The topological polar surface area (TPSA) is 69.0 Å². The number of hydrogen-bond donors (Lipinski definition) is 1. The maximum Gasteiger partial charge on any atom is 0.234 e. The van der Waals surface area contributed by atoms with Crippen LogP contribution < -0.4 is 10.1 Å². The number of benzene rings is 3. The number of amides is 1. The van der Waals surface area contributed by atoms with Gasteiger partial charge in [-0.15, -0.1) is 16.8 Å². The zero-order chi connectivity index (χ0) is 23.2. The number of allylic oxidation sites excluding steroid dienone is 1. The second kappa shape index (κ2) is 10.6. The summed E-state index contributed by atoms with van der Waals surface area (Å²) in [7, 11) is 0. The van der Waals surface area contributed by atoms with E-state index in [-0.39, 0.29) is 18.3 Å². The van der Waals surface area contributed by atoms with Gasteiger partial charge < -0.3 is 10.1 Å². The lowest BCUT2D eigenvalue weighted by atomic mass is 10.1. The SMILES string of the molecule is C=CCn1c(COc2cccc3ccccc23)nnc1SCC(=O)Nc1cccc(Cl)c1C. The molecule has 0 bridgehead atoms. The number of anilines is 1. The van der Waals surface area contributed by atoms with Crippen molar-refractivity contribution in [3.05, 3.63) is 89.7 Å². The maximum atomic E-state index is 12.5. The van der Waals surface area contributed by atoms with Gasteiger partial charge in [0.05, 0.1) is 5.75 Å². The zero-order valence-corrected chi connectivity index (χ0v) is 19.7. The molecule has 0 spiro atoms. The second-order valence-corrected chi connectivity index (χ2v) is 8.66. The van der Waals surface area contributed by atoms with Gasteiger partial charge in [-0.25, -0.2) is 0 Å². The van der Waals surface area contributed by atoms with Gasteiger partial charge in [0.1, 0.15) is 12.4 Å². The molecule has 168 valence electrons. The van der Waals surface area contributed by atoms with Crippen molar-refractivity contribution < 1.29 is 9.53 Å². The predicted octanol–water partition coefficient (Wildman–Crippen LogP) is 5.89. The summed E-state index contributed by atoms with van der Waals surface area (Å²) in [6.07, 6.45) is 1.77. The average molecular weight is 479 g/mol. The van der Waals surface area contributed by atoms with E-state index < -0.39 is 0 Å². The minimum Gasteiger partial charge on any atom is -0.485 e. The lowest BCUT2D eigenvalue weighted by molar-refractivity contribution is -0.113. The summed E-state index contributed by atoms with van der Waals surface area (Å²) < 4.78 is 7.98. The van der Waals surface area contributed by atoms with Crippen LogP contribution >= 0.6 is 23.4 Å². The molecule has 0 aliphatic rings. The van der Waals surface area contributed by atoms with Gasteiger partial charge in [0.15, 0.2) is 11.0 Å². The third kappa shape index (κ3) is 5.38. The summed E-state index contributed by atoms with van der Waals surface area (Å²) in [4.78, 5) is 12.5. The molecule has 0 atom stereocenters. The molecule has 0 saturated carbocycles. The van der Waals surface area contributed by atoms with Gasteiger partial charge in [-0.3, -0.25) is 9.36 Å². The van der Waals surface area contributed by atoms with Crippen LogP contribution in [0.4, 0.5) is 5.69 Å². The van der Waals surface area contributed by atoms with Crippen LogP contribution in [0.1, 0.15) is 11.4 Å². The first kappa shape index (κ1) is 22.9. The summed E-state index contributed by atoms with van der Waals surface area (Å²) >= 11 is 7.45. The highest BCUT2D eigenvalue weighted by molar-refractivity contribution is 7.99. The van der Waals surface area contributed by atoms with E-state index in [0.29, 0.717) is 28.2 Å². The Bertz CT molecular complexity index is 1300. The molecule has 3 aromatic carbocycles. The minimum absolute atomic E-state index is 0.146. The third-order valence-electron chi connectivity index (χ3n) is 5.09. The van der Waals surface area contributed by atoms with Gasteiger partial charge >= 0.3 is 0 Å². The van der Waals surface area contributed by atoms with Gasteiger partial charge in [-0.1, -0.05) is 71.9 Å². The van der Waals surface area contributed by atoms with Gasteiger partial charge in [0.25, 0.3) is 0 Å². The molecular formula is C25H23ClN4O2S. The molecule has 0 aliphatic heterocycles. The summed E-state index contributed by atoms with van der Waals surface area (Å²) in [5.74, 6) is 1.49. The number of rotatable bonds is 9. The molecule has 33 heavy (non-hydrogen) atoms. The van der Waals surface area contributed by atoms with E-state index in [0.717, 1.165) is 22.1 Å². The van der Waals surface area contributed by atoms with Crippen molar-refractivity contribution in [2.75, 3.05) is 11.1 Å². The largest absolute Gasteiger partial charge is 0.485 e. The number of nitrogens with zero attached hydrogens (tertiary/aromatic N) is 3. The molecule has 1 aromatic heterocycles. The number of thioether (sulfide) groups is 1. The fourth-order valence-corrected chi connectivity index (χ4v) is 4.31. The molecule has 4 aromatic rings. The molecule has 0 aliphatic carbocycles. The van der Waals surface area contributed by atoms with Crippen molar-refractivity contribution in [1.82, 2.24) is 14.8 Å². The molecule has 1 heterocycles. The van der Waals surface area contributed by atoms with Crippen LogP contribution in [0.3, 0.4) is 0 Å². The molecule has 1 N–H and O–H groups in total. The molecule has 0 fully saturated rings. The highest BCUT2D eigenvalue weighted by Gasteiger charge is 2.15. The highest BCUT2D eigenvalue weighted by atomic mass is 35.5. The number of aromatic nitrogens is 3. The highest BCUT2D eigenvalue weighted by Crippen LogP contribution is 2.27. The van der Waals surface area contributed by atoms with Crippen LogP contribution in [0.2, 0.25) is 5.02 Å². The van der Waals surface area contributed by atoms with Gasteiger partial charge in [0, 0.05) is 22.6 Å². The van der Waals surface area contributed by atoms with Crippen LogP contribution in [0.5, 0.6) is 5.75 Å². The minimum atomic E-state index is -0.146. The molecule has 0 unspecified atom stereocenters. The Morgan fingerprint density at radius 2 is 1.94 bits per heavy atom. The first-order valence-corrected chi connectivity index (χ1v) is 11.7. The van der Waals surface area contributed by atoms with Crippen LogP contribution in [0.15, 0.2) is 78.5 Å². The van der Waals surface area contributed by atoms with E-state index in [9.17, 15) is 4.79 Å². The monoisotopic (exact) mass is 478 g/mol. The van der Waals surface area contributed by atoms with E-state index >= 15 is 0 Å².